The number of amides is 1. The minimum atomic E-state index is -0.106. The molecule has 5 rings (SSSR count). The van der Waals surface area contributed by atoms with E-state index in [1.54, 1.807) is 11.3 Å². The zero-order valence-electron chi connectivity index (χ0n) is 19.6. The number of piperidine rings is 1. The molecule has 3 aromatic heterocycles. The number of likely N-dealkylation sites (tertiary alicyclic amines) is 1. The summed E-state index contributed by atoms with van der Waals surface area (Å²) in [6.45, 7) is 8.64. The number of hydrogen-bond donors (Lipinski definition) is 2. The van der Waals surface area contributed by atoms with E-state index in [9.17, 15) is 4.79 Å². The first kappa shape index (κ1) is 25.8. The molecule has 4 heterocycles. The number of carbonyl (C=O) groups excluding carboxylic acids is 1. The summed E-state index contributed by atoms with van der Waals surface area (Å²) in [6, 6.07) is 8.23. The largest absolute Gasteiger partial charge is 0.372 e. The molecule has 0 bridgehead atoms. The first-order valence-corrected chi connectivity index (χ1v) is 12.0. The second-order valence-electron chi connectivity index (χ2n) is 9.08. The Morgan fingerprint density at radius 2 is 2.03 bits per heavy atom. The number of halogens is 1. The summed E-state index contributed by atoms with van der Waals surface area (Å²) in [4.78, 5) is 36.3. The second kappa shape index (κ2) is 10.6. The van der Waals surface area contributed by atoms with E-state index in [0.717, 1.165) is 34.3 Å². The van der Waals surface area contributed by atoms with Crippen LogP contribution >= 0.6 is 23.7 Å². The molecule has 7 nitrogen and oxygen atoms in total. The van der Waals surface area contributed by atoms with E-state index < -0.39 is 0 Å². The number of fused-ring (bicyclic) bond motifs is 2. The van der Waals surface area contributed by atoms with Crippen LogP contribution in [0.3, 0.4) is 0 Å². The summed E-state index contributed by atoms with van der Waals surface area (Å²) >= 11 is 1.66. The van der Waals surface area contributed by atoms with Gasteiger partial charge in [0.2, 0.25) is 6.41 Å². The number of benzene rings is 1. The van der Waals surface area contributed by atoms with Gasteiger partial charge in [-0.1, -0.05) is 12.5 Å². The lowest BCUT2D eigenvalue weighted by Gasteiger charge is -2.42. The number of nitrogens with zero attached hydrogens (tertiary/aromatic N) is 3. The van der Waals surface area contributed by atoms with Crippen LogP contribution in [0.5, 0.6) is 0 Å². The quantitative estimate of drug-likeness (QED) is 0.394. The third-order valence-corrected chi connectivity index (χ3v) is 7.22. The van der Waals surface area contributed by atoms with Crippen molar-refractivity contribution in [2.45, 2.75) is 52.1 Å². The van der Waals surface area contributed by atoms with Gasteiger partial charge in [0.1, 0.15) is 5.69 Å². The van der Waals surface area contributed by atoms with E-state index in [-0.39, 0.29) is 29.9 Å². The van der Waals surface area contributed by atoms with Gasteiger partial charge in [-0.15, -0.1) is 23.7 Å². The van der Waals surface area contributed by atoms with Crippen molar-refractivity contribution < 1.29 is 4.79 Å². The molecule has 9 heteroatoms. The zero-order valence-corrected chi connectivity index (χ0v) is 21.3. The van der Waals surface area contributed by atoms with Gasteiger partial charge in [0.25, 0.3) is 5.56 Å². The van der Waals surface area contributed by atoms with Crippen molar-refractivity contribution in [2.24, 2.45) is 5.73 Å². The topological polar surface area (TPSA) is 105 Å². The minimum absolute atomic E-state index is 0. The molecule has 1 aliphatic heterocycles. The summed E-state index contributed by atoms with van der Waals surface area (Å²) < 4.78 is 1.14. The number of rotatable bonds is 3. The maximum Gasteiger partial charge on any atom is 0.259 e. The molecule has 0 radical (unpaired) electrons. The molecule has 3 N–H and O–H groups in total. The third kappa shape index (κ3) is 5.29. The van der Waals surface area contributed by atoms with Crippen molar-refractivity contribution in [3.8, 4) is 11.5 Å². The predicted octanol–water partition coefficient (Wildman–Crippen LogP) is 4.80. The van der Waals surface area contributed by atoms with E-state index >= 15 is 0 Å². The molecule has 180 valence electrons. The van der Waals surface area contributed by atoms with E-state index in [2.05, 4.69) is 40.5 Å². The fraction of sp³-hybridized carbons (Fsp3) is 0.360. The van der Waals surface area contributed by atoms with Crippen LogP contribution in [0.2, 0.25) is 0 Å². The van der Waals surface area contributed by atoms with E-state index in [4.69, 9.17) is 9.78 Å². The highest BCUT2D eigenvalue weighted by molar-refractivity contribution is 7.17. The van der Waals surface area contributed by atoms with Gasteiger partial charge in [-0.2, -0.15) is 0 Å². The molecule has 4 aromatic rings. The number of aryl methyl sites for hydroxylation is 1. The first-order chi connectivity index (χ1) is 15.8. The molecule has 0 saturated carbocycles. The molecule has 1 aliphatic rings. The summed E-state index contributed by atoms with van der Waals surface area (Å²) in [5.74, 6) is 0.524. The highest BCUT2D eigenvalue weighted by atomic mass is 35.5. The Bertz CT molecular complexity index is 1360. The van der Waals surface area contributed by atoms with Crippen LogP contribution in [0, 0.1) is 6.92 Å². The van der Waals surface area contributed by atoms with Crippen molar-refractivity contribution in [2.75, 3.05) is 6.54 Å². The summed E-state index contributed by atoms with van der Waals surface area (Å²) in [6.07, 6.45) is 5.83. The maximum atomic E-state index is 13.0. The summed E-state index contributed by atoms with van der Waals surface area (Å²) in [5.41, 5.74) is 7.91. The second-order valence-corrected chi connectivity index (χ2v) is 10.0. The van der Waals surface area contributed by atoms with E-state index in [1.807, 2.05) is 36.7 Å². The predicted molar refractivity (Wildman–Crippen MR) is 142 cm³/mol. The SMILES string of the molecule is Cc1cc(CN2CCCCC2(C)C)cc2c(=O)[nH]c(-c3cc4sccc4cn3)nc12.Cl.NC=O. The number of thiophene rings is 1. The lowest BCUT2D eigenvalue weighted by Crippen LogP contribution is -2.46. The van der Waals surface area contributed by atoms with Crippen molar-refractivity contribution in [3.63, 3.8) is 0 Å². The monoisotopic (exact) mass is 499 g/mol. The fourth-order valence-corrected chi connectivity index (χ4v) is 5.32. The van der Waals surface area contributed by atoms with Crippen LogP contribution < -0.4 is 11.3 Å². The molecule has 0 spiro atoms. The smallest absolute Gasteiger partial charge is 0.259 e. The lowest BCUT2D eigenvalue weighted by molar-refractivity contribution is -0.106. The molecule has 0 unspecified atom stereocenters. The molecule has 0 atom stereocenters. The Balaban J connectivity index is 0.000000771. The van der Waals surface area contributed by atoms with Crippen molar-refractivity contribution >= 4 is 51.1 Å². The van der Waals surface area contributed by atoms with E-state index in [1.165, 1.54) is 24.8 Å². The van der Waals surface area contributed by atoms with Crippen molar-refractivity contribution in [3.05, 3.63) is 57.3 Å². The van der Waals surface area contributed by atoms with Gasteiger partial charge in [-0.3, -0.25) is 19.5 Å². The van der Waals surface area contributed by atoms with Gasteiger partial charge in [0.05, 0.1) is 10.9 Å². The molecule has 34 heavy (non-hydrogen) atoms. The van der Waals surface area contributed by atoms with Gasteiger partial charge >= 0.3 is 0 Å². The Morgan fingerprint density at radius 3 is 2.76 bits per heavy atom. The van der Waals surface area contributed by atoms with Gasteiger partial charge in [0, 0.05) is 28.4 Å². The maximum absolute atomic E-state index is 13.0. The molecule has 1 fully saturated rings. The number of aromatic amines is 1. The minimum Gasteiger partial charge on any atom is -0.372 e. The number of nitrogens with two attached hydrogens (primary N) is 1. The number of hydrogen-bond acceptors (Lipinski definition) is 6. The van der Waals surface area contributed by atoms with Crippen LogP contribution in [-0.2, 0) is 11.3 Å². The van der Waals surface area contributed by atoms with Crippen LogP contribution in [0.1, 0.15) is 44.2 Å². The number of nitrogens with one attached hydrogen (secondary N) is 1. The Kier molecular flexibility index (Phi) is 8.07. The number of H-pyrrole nitrogens is 1. The summed E-state index contributed by atoms with van der Waals surface area (Å²) in [5, 5.41) is 3.80. The van der Waals surface area contributed by atoms with Gasteiger partial charge < -0.3 is 10.7 Å². The number of aromatic nitrogens is 3. The lowest BCUT2D eigenvalue weighted by atomic mass is 9.90. The van der Waals surface area contributed by atoms with Crippen LogP contribution in [-0.4, -0.2) is 38.3 Å². The van der Waals surface area contributed by atoms with Crippen LogP contribution in [0.4, 0.5) is 0 Å². The Labute approximate surface area is 208 Å². The molecular weight excluding hydrogens is 470 g/mol. The van der Waals surface area contributed by atoms with Crippen LogP contribution in [0.25, 0.3) is 32.5 Å². The third-order valence-electron chi connectivity index (χ3n) is 6.34. The first-order valence-electron chi connectivity index (χ1n) is 11.1. The normalized spacial score (nSPS) is 15.4. The average molecular weight is 500 g/mol. The van der Waals surface area contributed by atoms with Gasteiger partial charge in [-0.05, 0) is 74.9 Å². The van der Waals surface area contributed by atoms with Crippen molar-refractivity contribution in [1.29, 1.82) is 0 Å². The molecule has 1 aromatic carbocycles. The Morgan fingerprint density at radius 1 is 1.26 bits per heavy atom. The molecular formula is C25H30ClN5O2S. The van der Waals surface area contributed by atoms with Gasteiger partial charge in [0.15, 0.2) is 5.82 Å². The highest BCUT2D eigenvalue weighted by Gasteiger charge is 2.29. The number of primary amides is 1. The Hall–Kier alpha value is -2.81. The van der Waals surface area contributed by atoms with E-state index in [0.29, 0.717) is 16.9 Å². The fourth-order valence-electron chi connectivity index (χ4n) is 4.52. The highest BCUT2D eigenvalue weighted by Crippen LogP contribution is 2.30. The molecule has 0 aliphatic carbocycles. The number of carbonyl (C=O) groups is 1. The molecule has 1 saturated heterocycles. The average Bonchev–Trinajstić information content (AvgIpc) is 3.24. The zero-order chi connectivity index (χ0) is 23.6. The summed E-state index contributed by atoms with van der Waals surface area (Å²) in [7, 11) is 0. The number of pyridine rings is 1. The molecule has 1 amide bonds. The van der Waals surface area contributed by atoms with Crippen molar-refractivity contribution in [1.82, 2.24) is 19.9 Å². The standard InChI is InChI=1S/C24H26N4OS.CH3NO.ClH/c1-15-10-16(14-28-8-5-4-7-24(28,2)3)11-18-21(15)26-22(27-23(18)29)19-12-20-17(13-25-19)6-9-30-20;2-1-3;/h6,9-13H,4-5,7-8,14H2,1-3H3,(H,26,27,29);1H,(H2,2,3);1H. The van der Waals surface area contributed by atoms with Crippen LogP contribution in [0.15, 0.2) is 40.6 Å². The van der Waals surface area contributed by atoms with Gasteiger partial charge in [-0.25, -0.2) is 4.98 Å².